The van der Waals surface area contributed by atoms with E-state index in [4.69, 9.17) is 0 Å². The van der Waals surface area contributed by atoms with Gasteiger partial charge in [0.05, 0.1) is 11.4 Å². The van der Waals surface area contributed by atoms with Crippen molar-refractivity contribution in [3.8, 4) is 6.07 Å². The Hall–Kier alpha value is -2.99. The van der Waals surface area contributed by atoms with Crippen LogP contribution in [0.4, 0.5) is 13.2 Å². The topological polar surface area (TPSA) is 68.5 Å². The van der Waals surface area contributed by atoms with E-state index in [9.17, 15) is 23.2 Å². The van der Waals surface area contributed by atoms with E-state index in [1.54, 1.807) is 12.1 Å². The highest BCUT2D eigenvalue weighted by Crippen LogP contribution is 2.51. The van der Waals surface area contributed by atoms with Gasteiger partial charge in [-0.1, -0.05) is 48.2 Å². The zero-order valence-electron chi connectivity index (χ0n) is 15.7. The zero-order chi connectivity index (χ0) is 21.4. The fourth-order valence-corrected chi connectivity index (χ4v) is 4.22. The van der Waals surface area contributed by atoms with Crippen molar-refractivity contribution in [1.82, 2.24) is 10.2 Å². The number of carbonyl (C=O) groups excluding carboxylic acids is 1. The number of aliphatic imine (C=N–C) groups is 1. The lowest BCUT2D eigenvalue weighted by atomic mass is 9.93. The summed E-state index contributed by atoms with van der Waals surface area (Å²) >= 11 is 0.850. The van der Waals surface area contributed by atoms with Gasteiger partial charge in [0.1, 0.15) is 16.7 Å². The number of alkyl halides is 3. The van der Waals surface area contributed by atoms with E-state index in [1.807, 2.05) is 6.07 Å². The molecule has 1 N–H and O–H groups in total. The van der Waals surface area contributed by atoms with Crippen LogP contribution in [0.15, 0.2) is 71.0 Å². The lowest BCUT2D eigenvalue weighted by Crippen LogP contribution is -2.55. The molecule has 1 aromatic rings. The van der Waals surface area contributed by atoms with Gasteiger partial charge in [-0.25, -0.2) is 4.99 Å². The highest BCUT2D eigenvalue weighted by Gasteiger charge is 2.62. The molecule has 9 heteroatoms. The van der Waals surface area contributed by atoms with Gasteiger partial charge in [-0.2, -0.15) is 18.4 Å². The standard InChI is InChI=1S/C21H17F3N4OS/c22-21(23,24)20(14-6-2-1-3-7-14)27-19(30-13-18(29)26-15-9-10-15)16(12-25)17-8-4-5-11-28(17)20/h1-8,11,15H,9-10,13H2,(H,26,29)/t20-/m0/s1. The predicted molar refractivity (Wildman–Crippen MR) is 108 cm³/mol. The summed E-state index contributed by atoms with van der Waals surface area (Å²) in [7, 11) is 0. The van der Waals surface area contributed by atoms with Crippen LogP contribution in [-0.2, 0) is 10.5 Å². The van der Waals surface area contributed by atoms with Crippen LogP contribution in [0.25, 0.3) is 0 Å². The zero-order valence-corrected chi connectivity index (χ0v) is 16.5. The third-order valence-corrected chi connectivity index (χ3v) is 5.88. The monoisotopic (exact) mass is 430 g/mol. The number of nitrogens with zero attached hydrogens (tertiary/aromatic N) is 3. The molecule has 2 aliphatic heterocycles. The first-order chi connectivity index (χ1) is 14.4. The molecule has 5 nitrogen and oxygen atoms in total. The molecule has 1 aromatic carbocycles. The number of fused-ring (bicyclic) bond motifs is 1. The van der Waals surface area contributed by atoms with Crippen molar-refractivity contribution in [2.75, 3.05) is 5.75 Å². The Morgan fingerprint density at radius 1 is 1.30 bits per heavy atom. The number of thioether (sulfide) groups is 1. The molecule has 1 amide bonds. The third kappa shape index (κ3) is 3.52. The van der Waals surface area contributed by atoms with Gasteiger partial charge in [-0.3, -0.25) is 4.79 Å². The minimum Gasteiger partial charge on any atom is -0.353 e. The second-order valence-corrected chi connectivity index (χ2v) is 7.99. The molecule has 0 bridgehead atoms. The van der Waals surface area contributed by atoms with Crippen molar-refractivity contribution in [3.05, 3.63) is 71.6 Å². The number of nitrogens with one attached hydrogen (secondary N) is 1. The molecule has 3 aliphatic rings. The van der Waals surface area contributed by atoms with Crippen molar-refractivity contribution in [2.24, 2.45) is 4.99 Å². The number of hydrogen-bond donors (Lipinski definition) is 1. The van der Waals surface area contributed by atoms with Crippen molar-refractivity contribution >= 4 is 22.7 Å². The molecule has 1 saturated carbocycles. The lowest BCUT2D eigenvalue weighted by molar-refractivity contribution is -0.222. The molecule has 2 heterocycles. The van der Waals surface area contributed by atoms with Gasteiger partial charge in [-0.05, 0) is 25.0 Å². The average molecular weight is 430 g/mol. The molecular formula is C21H17F3N4OS. The molecule has 0 unspecified atom stereocenters. The summed E-state index contributed by atoms with van der Waals surface area (Å²) in [4.78, 5) is 17.2. The molecule has 4 rings (SSSR count). The maximum Gasteiger partial charge on any atom is 0.437 e. The summed E-state index contributed by atoms with van der Waals surface area (Å²) in [5, 5.41) is 12.4. The second kappa shape index (κ2) is 7.69. The molecule has 1 atom stereocenters. The second-order valence-electron chi connectivity index (χ2n) is 7.03. The fraction of sp³-hybridized carbons (Fsp3) is 0.286. The molecule has 0 radical (unpaired) electrons. The Morgan fingerprint density at radius 3 is 2.67 bits per heavy atom. The minimum absolute atomic E-state index is 0.00984. The first kappa shape index (κ1) is 20.3. The number of rotatable bonds is 4. The Morgan fingerprint density at radius 2 is 2.03 bits per heavy atom. The average Bonchev–Trinajstić information content (AvgIpc) is 3.55. The summed E-state index contributed by atoms with van der Waals surface area (Å²) in [5.74, 6) is -0.401. The van der Waals surface area contributed by atoms with Crippen LogP contribution in [0.2, 0.25) is 0 Å². The Labute approximate surface area is 175 Å². The Bertz CT molecular complexity index is 1020. The SMILES string of the molecule is N#CC1=C2C=CC=CN2[C@@](c2ccccc2)(C(F)(F)F)N=C1SCC(=O)NC1CC1. The van der Waals surface area contributed by atoms with Crippen LogP contribution < -0.4 is 5.32 Å². The maximum atomic E-state index is 14.6. The number of benzene rings is 1. The van der Waals surface area contributed by atoms with E-state index >= 15 is 0 Å². The van der Waals surface area contributed by atoms with Gasteiger partial charge in [0, 0.05) is 17.8 Å². The van der Waals surface area contributed by atoms with Gasteiger partial charge in [0.25, 0.3) is 5.66 Å². The molecule has 0 spiro atoms. The normalized spacial score (nSPS) is 23.0. The van der Waals surface area contributed by atoms with Crippen LogP contribution in [-0.4, -0.2) is 33.8 Å². The summed E-state index contributed by atoms with van der Waals surface area (Å²) in [6.45, 7) is 0. The first-order valence-corrected chi connectivity index (χ1v) is 10.3. The number of allylic oxidation sites excluding steroid dienone is 3. The summed E-state index contributed by atoms with van der Waals surface area (Å²) in [5.41, 5.74) is -2.70. The Kier molecular flexibility index (Phi) is 5.20. The summed E-state index contributed by atoms with van der Waals surface area (Å²) in [6.07, 6.45) is 2.79. The fourth-order valence-electron chi connectivity index (χ4n) is 3.37. The first-order valence-electron chi connectivity index (χ1n) is 9.30. The van der Waals surface area contributed by atoms with E-state index in [0.717, 1.165) is 29.5 Å². The van der Waals surface area contributed by atoms with Gasteiger partial charge < -0.3 is 10.2 Å². The van der Waals surface area contributed by atoms with E-state index in [2.05, 4.69) is 10.3 Å². The van der Waals surface area contributed by atoms with E-state index in [0.29, 0.717) is 0 Å². The molecule has 0 aromatic heterocycles. The van der Waals surface area contributed by atoms with Crippen molar-refractivity contribution in [2.45, 2.75) is 30.7 Å². The molecule has 1 aliphatic carbocycles. The predicted octanol–water partition coefficient (Wildman–Crippen LogP) is 3.99. The van der Waals surface area contributed by atoms with Crippen LogP contribution in [0, 0.1) is 11.3 Å². The van der Waals surface area contributed by atoms with Crippen LogP contribution in [0.3, 0.4) is 0 Å². The van der Waals surface area contributed by atoms with Gasteiger partial charge >= 0.3 is 6.18 Å². The molecule has 0 saturated heterocycles. The van der Waals surface area contributed by atoms with Gasteiger partial charge in [-0.15, -0.1) is 0 Å². The summed E-state index contributed by atoms with van der Waals surface area (Å²) < 4.78 is 43.9. The number of halogens is 3. The van der Waals surface area contributed by atoms with E-state index < -0.39 is 11.8 Å². The molecule has 30 heavy (non-hydrogen) atoms. The largest absolute Gasteiger partial charge is 0.437 e. The number of hydrogen-bond acceptors (Lipinski definition) is 5. The third-order valence-electron chi connectivity index (χ3n) is 4.91. The highest BCUT2D eigenvalue weighted by atomic mass is 32.2. The minimum atomic E-state index is -4.79. The van der Waals surface area contributed by atoms with Crippen molar-refractivity contribution in [1.29, 1.82) is 5.26 Å². The molecule has 1 fully saturated rings. The van der Waals surface area contributed by atoms with Crippen LogP contribution >= 0.6 is 11.8 Å². The van der Waals surface area contributed by atoms with E-state index in [-0.39, 0.29) is 39.6 Å². The van der Waals surface area contributed by atoms with Crippen LogP contribution in [0.5, 0.6) is 0 Å². The number of nitriles is 1. The number of amides is 1. The maximum absolute atomic E-state index is 14.6. The van der Waals surface area contributed by atoms with Crippen molar-refractivity contribution in [3.63, 3.8) is 0 Å². The number of carbonyl (C=O) groups is 1. The van der Waals surface area contributed by atoms with Gasteiger partial charge in [0.15, 0.2) is 0 Å². The quantitative estimate of drug-likeness (QED) is 0.784. The molecular weight excluding hydrogens is 413 g/mol. The highest BCUT2D eigenvalue weighted by molar-refractivity contribution is 8.15. The smallest absolute Gasteiger partial charge is 0.353 e. The van der Waals surface area contributed by atoms with Gasteiger partial charge in [0.2, 0.25) is 5.91 Å². The molecule has 154 valence electrons. The Balaban J connectivity index is 1.82. The lowest BCUT2D eigenvalue weighted by Gasteiger charge is -2.45. The van der Waals surface area contributed by atoms with Crippen molar-refractivity contribution < 1.29 is 18.0 Å². The summed E-state index contributed by atoms with van der Waals surface area (Å²) in [6, 6.07) is 9.49. The van der Waals surface area contributed by atoms with Crippen LogP contribution in [0.1, 0.15) is 18.4 Å². The van der Waals surface area contributed by atoms with E-state index in [1.165, 1.54) is 42.6 Å².